The van der Waals surface area contributed by atoms with Gasteiger partial charge in [-0.15, -0.1) is 0 Å². The first-order chi connectivity index (χ1) is 29.0. The van der Waals surface area contributed by atoms with Crippen molar-refractivity contribution in [3.63, 3.8) is 0 Å². The average molecular weight is 836 g/mol. The molecular formula is C51H85N3O6. The highest BCUT2D eigenvalue weighted by Gasteiger charge is 2.42. The molecule has 5 fully saturated rings. The third kappa shape index (κ3) is 13.7. The molecule has 0 radical (unpaired) electrons. The van der Waals surface area contributed by atoms with Crippen molar-refractivity contribution < 1.29 is 29.6 Å². The third-order valence-electron chi connectivity index (χ3n) is 16.4. The van der Waals surface area contributed by atoms with E-state index >= 15 is 0 Å². The van der Waals surface area contributed by atoms with E-state index in [2.05, 4.69) is 48.5 Å². The number of fused-ring (bicyclic) bond motifs is 2. The third-order valence-corrected chi connectivity index (χ3v) is 16.4. The van der Waals surface area contributed by atoms with Crippen molar-refractivity contribution in [2.24, 2.45) is 70.8 Å². The summed E-state index contributed by atoms with van der Waals surface area (Å²) in [6.07, 6.45) is 24.1. The number of aliphatic hydroxyl groups is 3. The number of ketones is 2. The number of unbranched alkanes of at least 4 members (excludes halogenated alkanes) is 1. The van der Waals surface area contributed by atoms with Crippen LogP contribution in [0.1, 0.15) is 162 Å². The smallest absolute Gasteiger partial charge is 0.150 e. The summed E-state index contributed by atoms with van der Waals surface area (Å²) in [6, 6.07) is 0.354. The number of methoxy groups -OCH3 is 1. The van der Waals surface area contributed by atoms with Crippen molar-refractivity contribution in [3.8, 4) is 11.8 Å². The first-order valence-corrected chi connectivity index (χ1v) is 25.0. The average Bonchev–Trinajstić information content (AvgIpc) is 3.30. The van der Waals surface area contributed by atoms with Crippen molar-refractivity contribution in [2.45, 2.75) is 198 Å². The van der Waals surface area contributed by atoms with Gasteiger partial charge in [0, 0.05) is 38.3 Å². The first-order valence-electron chi connectivity index (χ1n) is 25.0. The van der Waals surface area contributed by atoms with Crippen molar-refractivity contribution in [1.29, 1.82) is 0 Å². The summed E-state index contributed by atoms with van der Waals surface area (Å²) >= 11 is 0. The molecule has 0 aromatic heterocycles. The van der Waals surface area contributed by atoms with Gasteiger partial charge < -0.3 is 36.4 Å². The highest BCUT2D eigenvalue weighted by Crippen LogP contribution is 2.44. The summed E-state index contributed by atoms with van der Waals surface area (Å²) in [5, 5.41) is 42.4. The van der Waals surface area contributed by atoms with Gasteiger partial charge in [-0.3, -0.25) is 9.59 Å². The minimum Gasteiger partial charge on any atom is -0.393 e. The highest BCUT2D eigenvalue weighted by atomic mass is 16.5. The lowest BCUT2D eigenvalue weighted by Crippen LogP contribution is -2.48. The number of Topliss-reactive ketones (excluding diaryl/α,β-unsaturated/α-hetero) is 2. The Morgan fingerprint density at radius 2 is 1.67 bits per heavy atom. The number of ether oxygens (including phenoxy) is 1. The summed E-state index contributed by atoms with van der Waals surface area (Å²) in [5.74, 6) is 10.0. The zero-order valence-corrected chi connectivity index (χ0v) is 37.8. The molecule has 0 aromatic rings. The van der Waals surface area contributed by atoms with Crippen LogP contribution in [0.5, 0.6) is 0 Å². The van der Waals surface area contributed by atoms with Crippen LogP contribution in [0, 0.1) is 76.9 Å². The predicted molar refractivity (Wildman–Crippen MR) is 239 cm³/mol. The molecule has 7 N–H and O–H groups in total. The van der Waals surface area contributed by atoms with Gasteiger partial charge in [0.1, 0.15) is 17.5 Å². The number of carbonyl (C=O) groups is 2. The van der Waals surface area contributed by atoms with Gasteiger partial charge in [-0.05, 0) is 156 Å². The van der Waals surface area contributed by atoms with Gasteiger partial charge in [0.15, 0.2) is 0 Å². The predicted octanol–water partition coefficient (Wildman–Crippen LogP) is 7.49. The molecule has 6 rings (SSSR count). The Balaban J connectivity index is 1.15. The molecule has 60 heavy (non-hydrogen) atoms. The number of allylic oxidation sites excluding steroid dienone is 2. The number of rotatable bonds is 18. The zero-order chi connectivity index (χ0) is 42.6. The van der Waals surface area contributed by atoms with Gasteiger partial charge in [-0.25, -0.2) is 0 Å². The molecule has 9 heteroatoms. The molecule has 6 unspecified atom stereocenters. The van der Waals surface area contributed by atoms with Crippen LogP contribution in [0.2, 0.25) is 0 Å². The topological polar surface area (TPSA) is 154 Å². The number of carbonyl (C=O) groups excluding carboxylic acids is 2. The largest absolute Gasteiger partial charge is 0.393 e. The maximum Gasteiger partial charge on any atom is 0.150 e. The van der Waals surface area contributed by atoms with Crippen LogP contribution < -0.4 is 16.4 Å². The lowest BCUT2D eigenvalue weighted by molar-refractivity contribution is -0.125. The van der Waals surface area contributed by atoms with Gasteiger partial charge in [0.2, 0.25) is 0 Å². The van der Waals surface area contributed by atoms with Crippen LogP contribution in [0.25, 0.3) is 0 Å². The van der Waals surface area contributed by atoms with Crippen LogP contribution in [0.3, 0.4) is 0 Å². The van der Waals surface area contributed by atoms with E-state index < -0.39 is 24.2 Å². The molecule has 0 aromatic carbocycles. The van der Waals surface area contributed by atoms with Crippen LogP contribution in [-0.2, 0) is 14.3 Å². The summed E-state index contributed by atoms with van der Waals surface area (Å²) < 4.78 is 5.75. The van der Waals surface area contributed by atoms with E-state index in [9.17, 15) is 24.9 Å². The van der Waals surface area contributed by atoms with E-state index in [-0.39, 0.29) is 47.6 Å². The summed E-state index contributed by atoms with van der Waals surface area (Å²) in [5.41, 5.74) is 6.53. The molecule has 2 heterocycles. The second-order valence-corrected chi connectivity index (χ2v) is 21.1. The van der Waals surface area contributed by atoms with E-state index in [1.165, 1.54) is 38.5 Å². The molecular weight excluding hydrogens is 751 g/mol. The lowest BCUT2D eigenvalue weighted by atomic mass is 9.67. The molecule has 15 atom stereocenters. The van der Waals surface area contributed by atoms with Gasteiger partial charge in [0.05, 0.1) is 30.6 Å². The van der Waals surface area contributed by atoms with Crippen LogP contribution in [0.15, 0.2) is 12.2 Å². The summed E-state index contributed by atoms with van der Waals surface area (Å²) in [4.78, 5) is 25.8. The fraction of sp³-hybridized carbons (Fsp3) is 0.882. The SMILES string of the molecule is COC1CC2CCC(=O)[C@@H]([C@H](O)CCCC[C@@H]3CN[C@@H]4CC(=O)CC[C@H]4C3)C#C[C@H](CC[C@H](O)[C@H](CCC(C)C)[C@H](C=CC3CCCCC3)C3CCNC(N)C3)C2CC1O. The molecule has 3 saturated carbocycles. The quantitative estimate of drug-likeness (QED) is 0.0469. The Hall–Kier alpha value is -1.64. The summed E-state index contributed by atoms with van der Waals surface area (Å²) in [6.45, 7) is 6.43. The maximum atomic E-state index is 13.9. The standard InChI is InChI=1S/C51H85N3O6/c1-33(2)13-20-42(41(38-25-26-53-51(52)29-38)21-14-34-9-5-4-6-10-34)47(57)23-17-36-16-22-43(48(58)24-18-37-28-50(60-3)49(59)31-44(36)37)46(56)12-8-7-11-35-27-39-15-19-40(55)30-45(39)54-32-35/h14,21,33-39,41-47,49-51,53-54,56-57,59H,4-13,15,17-20,23-32,52H2,1-3H3/t35-,36+,37?,38?,39-,41+,42+,43+,44?,45+,46+,47-,49?,50?,51?/m0/s1. The molecule has 0 amide bonds. The van der Waals surface area contributed by atoms with Crippen LogP contribution >= 0.6 is 0 Å². The van der Waals surface area contributed by atoms with Gasteiger partial charge in [-0.1, -0.05) is 76.4 Å². The summed E-state index contributed by atoms with van der Waals surface area (Å²) in [7, 11) is 1.67. The second-order valence-electron chi connectivity index (χ2n) is 21.1. The number of aliphatic hydroxyl groups excluding tert-OH is 3. The normalized spacial score (nSPS) is 36.6. The fourth-order valence-electron chi connectivity index (χ4n) is 12.7. The Morgan fingerprint density at radius 3 is 2.43 bits per heavy atom. The molecule has 0 spiro atoms. The van der Waals surface area contributed by atoms with E-state index in [1.807, 2.05) is 0 Å². The fourth-order valence-corrected chi connectivity index (χ4v) is 12.7. The Kier molecular flexibility index (Phi) is 19.0. The number of nitrogens with two attached hydrogens (primary N) is 1. The number of nitrogens with one attached hydrogen (secondary N) is 2. The first kappa shape index (κ1) is 47.8. The number of hydrogen-bond acceptors (Lipinski definition) is 9. The van der Waals surface area contributed by atoms with Gasteiger partial charge >= 0.3 is 0 Å². The minimum atomic E-state index is -0.805. The molecule has 340 valence electrons. The monoisotopic (exact) mass is 836 g/mol. The highest BCUT2D eigenvalue weighted by molar-refractivity contribution is 5.84. The van der Waals surface area contributed by atoms with Crippen molar-refractivity contribution >= 4 is 11.6 Å². The van der Waals surface area contributed by atoms with Crippen LogP contribution in [0.4, 0.5) is 0 Å². The van der Waals surface area contributed by atoms with Crippen molar-refractivity contribution in [1.82, 2.24) is 10.6 Å². The van der Waals surface area contributed by atoms with Gasteiger partial charge in [-0.2, -0.15) is 0 Å². The number of hydrogen-bond donors (Lipinski definition) is 6. The molecule has 4 aliphatic carbocycles. The maximum absolute atomic E-state index is 13.9. The molecule has 2 aliphatic heterocycles. The molecule has 2 saturated heterocycles. The van der Waals surface area contributed by atoms with E-state index in [0.717, 1.165) is 70.9 Å². The lowest BCUT2D eigenvalue weighted by Gasteiger charge is -2.42. The van der Waals surface area contributed by atoms with Gasteiger partial charge in [0.25, 0.3) is 0 Å². The number of piperidine rings is 2. The minimum absolute atomic E-state index is 0.0180. The Labute approximate surface area is 364 Å². The molecule has 0 bridgehead atoms. The van der Waals surface area contributed by atoms with E-state index in [4.69, 9.17) is 10.5 Å². The van der Waals surface area contributed by atoms with Crippen molar-refractivity contribution in [2.75, 3.05) is 20.2 Å². The Bertz CT molecular complexity index is 1420. The van der Waals surface area contributed by atoms with Crippen LogP contribution in [-0.4, -0.2) is 83.7 Å². The van der Waals surface area contributed by atoms with E-state index in [1.54, 1.807) is 7.11 Å². The van der Waals surface area contributed by atoms with Crippen molar-refractivity contribution in [3.05, 3.63) is 12.2 Å². The second kappa shape index (κ2) is 23.9. The zero-order valence-electron chi connectivity index (χ0n) is 37.8. The molecule has 6 aliphatic rings. The Morgan fingerprint density at radius 1 is 0.867 bits per heavy atom. The molecule has 9 nitrogen and oxygen atoms in total. The van der Waals surface area contributed by atoms with E-state index in [0.29, 0.717) is 92.8 Å².